The predicted octanol–water partition coefficient (Wildman–Crippen LogP) is 2.47. The molecule has 1 aliphatic rings. The monoisotopic (exact) mass is 278 g/mol. The van der Waals surface area contributed by atoms with Crippen molar-refractivity contribution in [1.29, 1.82) is 0 Å². The van der Waals surface area contributed by atoms with Gasteiger partial charge in [0.15, 0.2) is 0 Å². The normalized spacial score (nSPS) is 20.6. The van der Waals surface area contributed by atoms with Crippen LogP contribution in [0.15, 0.2) is 16.2 Å². The fraction of sp³-hybridized carbons (Fsp3) is 0.615. The van der Waals surface area contributed by atoms with Crippen molar-refractivity contribution in [2.24, 2.45) is 5.92 Å². The summed E-state index contributed by atoms with van der Waals surface area (Å²) in [6.07, 6.45) is 4.19. The molecule has 102 valence electrons. The summed E-state index contributed by atoms with van der Waals surface area (Å²) in [4.78, 5) is 9.56. The Morgan fingerprint density at radius 1 is 1.47 bits per heavy atom. The first kappa shape index (κ1) is 12.7. The van der Waals surface area contributed by atoms with Crippen molar-refractivity contribution in [3.63, 3.8) is 0 Å². The van der Waals surface area contributed by atoms with E-state index in [1.807, 2.05) is 0 Å². The largest absolute Gasteiger partial charge is 0.338 e. The average molecular weight is 278 g/mol. The van der Waals surface area contributed by atoms with Gasteiger partial charge in [-0.3, -0.25) is 4.98 Å². The molecule has 6 heteroatoms. The molecule has 1 atom stereocenters. The standard InChI is InChI=1S/C13H18N4OS/c1-13(2,9-4-3-5-14-6-9)12-16-11(17-18-12)10-7-15-8-19-10/h7-9,14H,3-6H2,1-2H3. The Morgan fingerprint density at radius 3 is 3.05 bits per heavy atom. The zero-order chi connectivity index (χ0) is 13.3. The zero-order valence-corrected chi connectivity index (χ0v) is 12.0. The number of thiazole rings is 1. The van der Waals surface area contributed by atoms with Crippen LogP contribution >= 0.6 is 11.3 Å². The van der Waals surface area contributed by atoms with Crippen LogP contribution in [0.5, 0.6) is 0 Å². The summed E-state index contributed by atoms with van der Waals surface area (Å²) in [6, 6.07) is 0. The average Bonchev–Trinajstić information content (AvgIpc) is 3.10. The first-order chi connectivity index (χ1) is 9.18. The Kier molecular flexibility index (Phi) is 3.36. The molecular formula is C13H18N4OS. The maximum absolute atomic E-state index is 5.50. The van der Waals surface area contributed by atoms with Gasteiger partial charge in [-0.15, -0.1) is 11.3 Å². The molecule has 2 aromatic heterocycles. The second-order valence-electron chi connectivity index (χ2n) is 5.55. The van der Waals surface area contributed by atoms with Gasteiger partial charge in [0.1, 0.15) is 0 Å². The molecule has 1 N–H and O–H groups in total. The fourth-order valence-corrected chi connectivity index (χ4v) is 3.10. The van der Waals surface area contributed by atoms with Crippen LogP contribution in [0.25, 0.3) is 10.7 Å². The molecule has 0 aromatic carbocycles. The maximum atomic E-state index is 5.50. The van der Waals surface area contributed by atoms with Crippen LogP contribution in [-0.2, 0) is 5.41 Å². The molecule has 0 amide bonds. The molecule has 0 aliphatic carbocycles. The molecule has 19 heavy (non-hydrogen) atoms. The summed E-state index contributed by atoms with van der Waals surface area (Å²) in [5, 5.41) is 7.53. The number of hydrogen-bond acceptors (Lipinski definition) is 6. The van der Waals surface area contributed by atoms with E-state index in [4.69, 9.17) is 4.52 Å². The third-order valence-electron chi connectivity index (χ3n) is 3.95. The van der Waals surface area contributed by atoms with Crippen LogP contribution < -0.4 is 5.32 Å². The van der Waals surface area contributed by atoms with E-state index in [0.29, 0.717) is 11.7 Å². The van der Waals surface area contributed by atoms with Crippen molar-refractivity contribution in [1.82, 2.24) is 20.4 Å². The van der Waals surface area contributed by atoms with Crippen LogP contribution in [0, 0.1) is 5.92 Å². The first-order valence-electron chi connectivity index (χ1n) is 6.61. The Balaban J connectivity index is 1.84. The summed E-state index contributed by atoms with van der Waals surface area (Å²) in [5.74, 6) is 1.91. The van der Waals surface area contributed by atoms with Gasteiger partial charge in [0.2, 0.25) is 11.7 Å². The van der Waals surface area contributed by atoms with Crippen molar-refractivity contribution in [3.8, 4) is 10.7 Å². The highest BCUT2D eigenvalue weighted by Gasteiger charge is 2.37. The molecule has 2 aromatic rings. The molecule has 5 nitrogen and oxygen atoms in total. The van der Waals surface area contributed by atoms with Crippen molar-refractivity contribution in [3.05, 3.63) is 17.6 Å². The highest BCUT2D eigenvalue weighted by atomic mass is 32.1. The minimum absolute atomic E-state index is 0.0939. The van der Waals surface area contributed by atoms with Crippen LogP contribution in [0.4, 0.5) is 0 Å². The van der Waals surface area contributed by atoms with Gasteiger partial charge < -0.3 is 9.84 Å². The van der Waals surface area contributed by atoms with Crippen molar-refractivity contribution in [2.75, 3.05) is 13.1 Å². The van der Waals surface area contributed by atoms with Gasteiger partial charge in [-0.25, -0.2) is 0 Å². The van der Waals surface area contributed by atoms with Crippen LogP contribution in [0.3, 0.4) is 0 Å². The smallest absolute Gasteiger partial charge is 0.232 e. The number of nitrogens with one attached hydrogen (secondary N) is 1. The minimum atomic E-state index is -0.0939. The lowest BCUT2D eigenvalue weighted by molar-refractivity contribution is 0.196. The Bertz CT molecular complexity index is 529. The van der Waals surface area contributed by atoms with Gasteiger partial charge >= 0.3 is 0 Å². The van der Waals surface area contributed by atoms with Crippen LogP contribution in [0.2, 0.25) is 0 Å². The molecule has 1 unspecified atom stereocenters. The van der Waals surface area contributed by atoms with E-state index in [0.717, 1.165) is 23.9 Å². The van der Waals surface area contributed by atoms with Gasteiger partial charge in [-0.05, 0) is 31.8 Å². The maximum Gasteiger partial charge on any atom is 0.232 e. The number of piperidine rings is 1. The van der Waals surface area contributed by atoms with E-state index < -0.39 is 0 Å². The predicted molar refractivity (Wildman–Crippen MR) is 74.0 cm³/mol. The molecule has 3 heterocycles. The van der Waals surface area contributed by atoms with Gasteiger partial charge in [0, 0.05) is 11.6 Å². The van der Waals surface area contributed by atoms with E-state index in [1.165, 1.54) is 24.2 Å². The van der Waals surface area contributed by atoms with E-state index in [2.05, 4.69) is 34.3 Å². The van der Waals surface area contributed by atoms with Crippen molar-refractivity contribution in [2.45, 2.75) is 32.1 Å². The summed E-state index contributed by atoms with van der Waals surface area (Å²) >= 11 is 1.53. The van der Waals surface area contributed by atoms with E-state index >= 15 is 0 Å². The topological polar surface area (TPSA) is 63.8 Å². The van der Waals surface area contributed by atoms with Gasteiger partial charge in [-0.1, -0.05) is 19.0 Å². The second-order valence-corrected chi connectivity index (χ2v) is 6.44. The molecule has 3 rings (SSSR count). The molecule has 1 saturated heterocycles. The third-order valence-corrected chi connectivity index (χ3v) is 4.72. The first-order valence-corrected chi connectivity index (χ1v) is 7.49. The summed E-state index contributed by atoms with van der Waals surface area (Å²) in [6.45, 7) is 6.51. The van der Waals surface area contributed by atoms with E-state index in [-0.39, 0.29) is 5.41 Å². The van der Waals surface area contributed by atoms with E-state index in [1.54, 1.807) is 11.7 Å². The number of rotatable bonds is 3. The van der Waals surface area contributed by atoms with E-state index in [9.17, 15) is 0 Å². The lowest BCUT2D eigenvalue weighted by Crippen LogP contribution is -2.40. The SMILES string of the molecule is CC(C)(c1nc(-c2cncs2)no1)C1CCCNC1. The second kappa shape index (κ2) is 5.02. The van der Waals surface area contributed by atoms with Gasteiger partial charge in [0.05, 0.1) is 10.4 Å². The van der Waals surface area contributed by atoms with Gasteiger partial charge in [0.25, 0.3) is 0 Å². The van der Waals surface area contributed by atoms with Crippen molar-refractivity contribution >= 4 is 11.3 Å². The van der Waals surface area contributed by atoms with Crippen molar-refractivity contribution < 1.29 is 4.52 Å². The fourth-order valence-electron chi connectivity index (χ4n) is 2.55. The Hall–Kier alpha value is -1.27. The molecule has 0 radical (unpaired) electrons. The number of nitrogens with zero attached hydrogens (tertiary/aromatic N) is 3. The number of hydrogen-bond donors (Lipinski definition) is 1. The lowest BCUT2D eigenvalue weighted by Gasteiger charge is -2.34. The third kappa shape index (κ3) is 2.42. The quantitative estimate of drug-likeness (QED) is 0.934. The van der Waals surface area contributed by atoms with Crippen LogP contribution in [-0.4, -0.2) is 28.2 Å². The molecule has 0 saturated carbocycles. The Labute approximate surface area is 116 Å². The molecule has 0 spiro atoms. The molecule has 0 bridgehead atoms. The molecule has 1 aliphatic heterocycles. The molecular weight excluding hydrogens is 260 g/mol. The summed E-state index contributed by atoms with van der Waals surface area (Å²) in [5.41, 5.74) is 1.69. The summed E-state index contributed by atoms with van der Waals surface area (Å²) < 4.78 is 5.50. The zero-order valence-electron chi connectivity index (χ0n) is 11.2. The highest BCUT2D eigenvalue weighted by molar-refractivity contribution is 7.13. The van der Waals surface area contributed by atoms with Gasteiger partial charge in [-0.2, -0.15) is 4.98 Å². The molecule has 1 fully saturated rings. The van der Waals surface area contributed by atoms with Crippen LogP contribution in [0.1, 0.15) is 32.6 Å². The number of aromatic nitrogens is 3. The highest BCUT2D eigenvalue weighted by Crippen LogP contribution is 2.35. The minimum Gasteiger partial charge on any atom is -0.338 e. The summed E-state index contributed by atoms with van der Waals surface area (Å²) in [7, 11) is 0. The Morgan fingerprint density at radius 2 is 2.37 bits per heavy atom. The lowest BCUT2D eigenvalue weighted by atomic mass is 9.75.